The van der Waals surface area contributed by atoms with Gasteiger partial charge in [-0.2, -0.15) is 0 Å². The van der Waals surface area contributed by atoms with Crippen molar-refractivity contribution < 1.29 is 28.6 Å². The van der Waals surface area contributed by atoms with E-state index >= 15 is 0 Å². The van der Waals surface area contributed by atoms with Crippen molar-refractivity contribution >= 4 is 24.0 Å². The van der Waals surface area contributed by atoms with Crippen LogP contribution in [0.15, 0.2) is 18.2 Å². The minimum atomic E-state index is -0.547. The molecule has 0 bridgehead atoms. The number of hydrogen-bond donors (Lipinski definition) is 0. The molecule has 0 N–H and O–H groups in total. The summed E-state index contributed by atoms with van der Waals surface area (Å²) in [5, 5.41) is 0. The molecule has 6 nitrogen and oxygen atoms in total. The number of carbonyl (C=O) groups excluding carboxylic acids is 3. The molecule has 0 unspecified atom stereocenters. The van der Waals surface area contributed by atoms with Crippen LogP contribution in [0.25, 0.3) is 6.08 Å². The molecule has 0 saturated heterocycles. The van der Waals surface area contributed by atoms with Crippen LogP contribution >= 0.6 is 0 Å². The number of benzene rings is 1. The van der Waals surface area contributed by atoms with E-state index in [0.29, 0.717) is 5.56 Å². The SMILES string of the molecule is C/C=C/c1c(OC(C)=O)cc(OC(C)=O)cc1OC(C)=O. The quantitative estimate of drug-likeness (QED) is 0.626. The molecule has 21 heavy (non-hydrogen) atoms. The van der Waals surface area contributed by atoms with Gasteiger partial charge in [0.05, 0.1) is 5.56 Å². The normalized spacial score (nSPS) is 10.3. The van der Waals surface area contributed by atoms with Crippen molar-refractivity contribution in [2.75, 3.05) is 0 Å². The lowest BCUT2D eigenvalue weighted by atomic mass is 10.1. The molecule has 0 radical (unpaired) electrons. The third-order valence-corrected chi connectivity index (χ3v) is 2.18. The van der Waals surface area contributed by atoms with E-state index in [1.807, 2.05) is 0 Å². The second kappa shape index (κ2) is 7.23. The fraction of sp³-hybridized carbons (Fsp3) is 0.267. The zero-order valence-electron chi connectivity index (χ0n) is 12.3. The molecule has 1 rings (SSSR count). The van der Waals surface area contributed by atoms with Crippen LogP contribution in [0.1, 0.15) is 33.3 Å². The van der Waals surface area contributed by atoms with Crippen molar-refractivity contribution in [1.29, 1.82) is 0 Å². The molecule has 0 atom stereocenters. The van der Waals surface area contributed by atoms with Crippen LogP contribution < -0.4 is 14.2 Å². The number of carbonyl (C=O) groups is 3. The predicted molar refractivity (Wildman–Crippen MR) is 75.1 cm³/mol. The minimum Gasteiger partial charge on any atom is -0.426 e. The fourth-order valence-electron chi connectivity index (χ4n) is 1.61. The van der Waals surface area contributed by atoms with Gasteiger partial charge in [0.1, 0.15) is 17.2 Å². The maximum atomic E-state index is 11.2. The van der Waals surface area contributed by atoms with Crippen molar-refractivity contribution in [3.8, 4) is 17.2 Å². The Bertz CT molecular complexity index is 563. The van der Waals surface area contributed by atoms with Crippen molar-refractivity contribution in [3.05, 3.63) is 23.8 Å². The predicted octanol–water partition coefficient (Wildman–Crippen LogP) is 2.50. The molecule has 0 spiro atoms. The highest BCUT2D eigenvalue weighted by Crippen LogP contribution is 2.36. The number of ether oxygens (including phenoxy) is 3. The van der Waals surface area contributed by atoms with Crippen molar-refractivity contribution in [2.45, 2.75) is 27.7 Å². The van der Waals surface area contributed by atoms with Gasteiger partial charge < -0.3 is 14.2 Å². The van der Waals surface area contributed by atoms with E-state index in [1.165, 1.54) is 32.9 Å². The van der Waals surface area contributed by atoms with Crippen LogP contribution in [-0.4, -0.2) is 17.9 Å². The highest BCUT2D eigenvalue weighted by atomic mass is 16.6. The third kappa shape index (κ3) is 5.10. The average molecular weight is 292 g/mol. The summed E-state index contributed by atoms with van der Waals surface area (Å²) >= 11 is 0. The molecule has 0 aliphatic rings. The van der Waals surface area contributed by atoms with Crippen LogP contribution in [0.5, 0.6) is 17.2 Å². The van der Waals surface area contributed by atoms with E-state index in [2.05, 4.69) is 0 Å². The summed E-state index contributed by atoms with van der Waals surface area (Å²) in [5.74, 6) is -1.25. The van der Waals surface area contributed by atoms with Crippen LogP contribution in [0, 0.1) is 0 Å². The number of allylic oxidation sites excluding steroid dienone is 1. The molecule has 6 heteroatoms. The van der Waals surface area contributed by atoms with Crippen LogP contribution in [-0.2, 0) is 14.4 Å². The van der Waals surface area contributed by atoms with E-state index in [4.69, 9.17) is 14.2 Å². The van der Waals surface area contributed by atoms with Gasteiger partial charge in [-0.3, -0.25) is 14.4 Å². The first-order valence-corrected chi connectivity index (χ1v) is 6.19. The molecule has 1 aromatic rings. The van der Waals surface area contributed by atoms with E-state index in [1.54, 1.807) is 19.1 Å². The standard InChI is InChI=1S/C15H16O6/c1-5-6-13-14(20-10(3)17)7-12(19-9(2)16)8-15(13)21-11(4)18/h5-8H,1-4H3/b6-5+. The summed E-state index contributed by atoms with van der Waals surface area (Å²) < 4.78 is 15.1. The summed E-state index contributed by atoms with van der Waals surface area (Å²) in [7, 11) is 0. The Morgan fingerprint density at radius 2 is 1.29 bits per heavy atom. The first-order chi connectivity index (χ1) is 9.83. The van der Waals surface area contributed by atoms with Crippen molar-refractivity contribution in [1.82, 2.24) is 0 Å². The van der Waals surface area contributed by atoms with Gasteiger partial charge >= 0.3 is 17.9 Å². The second-order valence-corrected chi connectivity index (χ2v) is 4.11. The van der Waals surface area contributed by atoms with Crippen molar-refractivity contribution in [3.63, 3.8) is 0 Å². The molecule has 1 aromatic carbocycles. The maximum Gasteiger partial charge on any atom is 0.308 e. The zero-order valence-corrected chi connectivity index (χ0v) is 12.3. The molecule has 0 aromatic heterocycles. The maximum absolute atomic E-state index is 11.2. The molecule has 0 amide bonds. The largest absolute Gasteiger partial charge is 0.426 e. The zero-order chi connectivity index (χ0) is 16.0. The summed E-state index contributed by atoms with van der Waals surface area (Å²) in [4.78, 5) is 33.4. The smallest absolute Gasteiger partial charge is 0.308 e. The van der Waals surface area contributed by atoms with E-state index in [9.17, 15) is 14.4 Å². The van der Waals surface area contributed by atoms with Crippen molar-refractivity contribution in [2.24, 2.45) is 0 Å². The average Bonchev–Trinajstić information content (AvgIpc) is 2.31. The fourth-order valence-corrected chi connectivity index (χ4v) is 1.61. The lowest BCUT2D eigenvalue weighted by Crippen LogP contribution is -2.08. The Hall–Kier alpha value is -2.63. The van der Waals surface area contributed by atoms with Gasteiger partial charge in [-0.15, -0.1) is 0 Å². The van der Waals surface area contributed by atoms with Crippen LogP contribution in [0.3, 0.4) is 0 Å². The van der Waals surface area contributed by atoms with Crippen LogP contribution in [0.4, 0.5) is 0 Å². The Labute approximate surface area is 122 Å². The Kier molecular flexibility index (Phi) is 5.66. The summed E-state index contributed by atoms with van der Waals surface area (Å²) in [6.07, 6.45) is 3.31. The van der Waals surface area contributed by atoms with E-state index in [0.717, 1.165) is 0 Å². The Morgan fingerprint density at radius 1 is 0.857 bits per heavy atom. The second-order valence-electron chi connectivity index (χ2n) is 4.11. The molecule has 112 valence electrons. The molecular formula is C15H16O6. The van der Waals surface area contributed by atoms with Gasteiger partial charge in [-0.25, -0.2) is 0 Å². The van der Waals surface area contributed by atoms with Crippen LogP contribution in [0.2, 0.25) is 0 Å². The molecule has 0 fully saturated rings. The molecule has 0 aliphatic heterocycles. The van der Waals surface area contributed by atoms with E-state index in [-0.39, 0.29) is 17.2 Å². The third-order valence-electron chi connectivity index (χ3n) is 2.18. The van der Waals surface area contributed by atoms with Gasteiger partial charge in [-0.1, -0.05) is 12.2 Å². The Morgan fingerprint density at radius 3 is 1.62 bits per heavy atom. The highest BCUT2D eigenvalue weighted by Gasteiger charge is 2.16. The molecular weight excluding hydrogens is 276 g/mol. The molecule has 0 aliphatic carbocycles. The van der Waals surface area contributed by atoms with Gasteiger partial charge in [0.25, 0.3) is 0 Å². The lowest BCUT2D eigenvalue weighted by Gasteiger charge is -2.13. The topological polar surface area (TPSA) is 78.9 Å². The van der Waals surface area contributed by atoms with E-state index < -0.39 is 17.9 Å². The first-order valence-electron chi connectivity index (χ1n) is 6.19. The monoisotopic (exact) mass is 292 g/mol. The summed E-state index contributed by atoms with van der Waals surface area (Å²) in [5.41, 5.74) is 0.402. The number of esters is 3. The summed E-state index contributed by atoms with van der Waals surface area (Å²) in [6, 6.07) is 2.76. The van der Waals surface area contributed by atoms with Gasteiger partial charge in [0.2, 0.25) is 0 Å². The molecule has 0 heterocycles. The lowest BCUT2D eigenvalue weighted by molar-refractivity contribution is -0.132. The van der Waals surface area contributed by atoms with Gasteiger partial charge in [-0.05, 0) is 6.92 Å². The highest BCUT2D eigenvalue weighted by molar-refractivity contribution is 5.78. The first kappa shape index (κ1) is 16.4. The summed E-state index contributed by atoms with van der Waals surface area (Å²) in [6.45, 7) is 5.47. The Balaban J connectivity index is 3.43. The minimum absolute atomic E-state index is 0.114. The van der Waals surface area contributed by atoms with Gasteiger partial charge in [0.15, 0.2) is 0 Å². The number of rotatable bonds is 4. The van der Waals surface area contributed by atoms with Gasteiger partial charge in [0, 0.05) is 32.9 Å². The molecule has 0 saturated carbocycles. The number of hydrogen-bond acceptors (Lipinski definition) is 6.